The average molecular weight is 412 g/mol. The van der Waals surface area contributed by atoms with Crippen LogP contribution in [-0.4, -0.2) is 37.8 Å². The summed E-state index contributed by atoms with van der Waals surface area (Å²) in [5.74, 6) is 1.38. The maximum Gasteiger partial charge on any atom is 0.240 e. The second-order valence-electron chi connectivity index (χ2n) is 6.66. The molecule has 1 amide bonds. The molecule has 1 fully saturated rings. The molecule has 2 aromatic carbocycles. The lowest BCUT2D eigenvalue weighted by atomic mass is 10.2. The summed E-state index contributed by atoms with van der Waals surface area (Å²) in [4.78, 5) is 21.3. The van der Waals surface area contributed by atoms with Crippen LogP contribution >= 0.6 is 23.1 Å². The predicted molar refractivity (Wildman–Crippen MR) is 118 cm³/mol. The summed E-state index contributed by atoms with van der Waals surface area (Å²) in [7, 11) is 5.69. The van der Waals surface area contributed by atoms with Crippen LogP contribution in [0.5, 0.6) is 5.75 Å². The van der Waals surface area contributed by atoms with E-state index in [0.29, 0.717) is 5.75 Å². The summed E-state index contributed by atoms with van der Waals surface area (Å²) in [6.07, 6.45) is 0. The van der Waals surface area contributed by atoms with E-state index in [2.05, 4.69) is 29.2 Å². The third kappa shape index (κ3) is 3.59. The topological polar surface area (TPSA) is 45.7 Å². The molecule has 3 aromatic rings. The fraction of sp³-hybridized carbons (Fsp3) is 0.238. The second-order valence-corrected chi connectivity index (χ2v) is 8.56. The molecule has 4 rings (SSSR count). The van der Waals surface area contributed by atoms with Crippen molar-refractivity contribution in [1.29, 1.82) is 0 Å². The lowest BCUT2D eigenvalue weighted by Crippen LogP contribution is -2.27. The Morgan fingerprint density at radius 2 is 1.82 bits per heavy atom. The molecule has 0 bridgehead atoms. The predicted octanol–water partition coefficient (Wildman–Crippen LogP) is 4.66. The highest BCUT2D eigenvalue weighted by atomic mass is 32.2. The van der Waals surface area contributed by atoms with Crippen molar-refractivity contribution in [2.45, 2.75) is 5.37 Å². The third-order valence-electron chi connectivity index (χ3n) is 4.65. The van der Waals surface area contributed by atoms with Gasteiger partial charge < -0.3 is 9.64 Å². The Labute approximate surface area is 173 Å². The van der Waals surface area contributed by atoms with Gasteiger partial charge in [0.15, 0.2) is 5.13 Å². The third-order valence-corrected chi connectivity index (χ3v) is 6.70. The highest BCUT2D eigenvalue weighted by Gasteiger charge is 2.35. The van der Waals surface area contributed by atoms with Crippen LogP contribution in [0.25, 0.3) is 11.3 Å². The first-order valence-corrected chi connectivity index (χ1v) is 10.8. The number of rotatable bonds is 5. The first-order valence-electron chi connectivity index (χ1n) is 8.87. The lowest BCUT2D eigenvalue weighted by molar-refractivity contribution is -0.115. The molecule has 7 heteroatoms. The Kier molecular flexibility index (Phi) is 5.28. The van der Waals surface area contributed by atoms with Crippen molar-refractivity contribution in [3.63, 3.8) is 0 Å². The number of thioether (sulfide) groups is 1. The van der Waals surface area contributed by atoms with Crippen LogP contribution in [0.1, 0.15) is 10.9 Å². The largest absolute Gasteiger partial charge is 0.497 e. The number of anilines is 2. The Morgan fingerprint density at radius 1 is 1.11 bits per heavy atom. The van der Waals surface area contributed by atoms with Crippen molar-refractivity contribution in [3.8, 4) is 17.0 Å². The summed E-state index contributed by atoms with van der Waals surface area (Å²) in [5, 5.41) is 2.70. The number of nitrogens with zero attached hydrogens (tertiary/aromatic N) is 3. The molecule has 0 saturated carbocycles. The van der Waals surface area contributed by atoms with Gasteiger partial charge in [0.2, 0.25) is 5.91 Å². The normalized spacial score (nSPS) is 16.5. The van der Waals surface area contributed by atoms with Crippen LogP contribution < -0.4 is 14.5 Å². The first kappa shape index (κ1) is 18.8. The molecular formula is C21H21N3O2S2. The smallest absolute Gasteiger partial charge is 0.240 e. The zero-order valence-electron chi connectivity index (χ0n) is 16.0. The molecule has 1 saturated heterocycles. The van der Waals surface area contributed by atoms with Crippen LogP contribution in [0, 0.1) is 0 Å². The molecule has 144 valence electrons. The monoisotopic (exact) mass is 411 g/mol. The van der Waals surface area contributed by atoms with Gasteiger partial charge in [0.25, 0.3) is 0 Å². The SMILES string of the molecule is COc1ccc(-c2csc(N3C(=O)CS[C@@H]3c3ccc(N(C)C)cc3)n2)cc1. The molecule has 0 unspecified atom stereocenters. The van der Waals surface area contributed by atoms with Gasteiger partial charge in [-0.3, -0.25) is 9.69 Å². The first-order chi connectivity index (χ1) is 13.6. The van der Waals surface area contributed by atoms with E-state index in [0.717, 1.165) is 33.4 Å². The van der Waals surface area contributed by atoms with Crippen LogP contribution in [0.4, 0.5) is 10.8 Å². The highest BCUT2D eigenvalue weighted by Crippen LogP contribution is 2.43. The van der Waals surface area contributed by atoms with E-state index in [1.807, 2.05) is 48.6 Å². The second kappa shape index (κ2) is 7.85. The van der Waals surface area contributed by atoms with Gasteiger partial charge >= 0.3 is 0 Å². The number of aromatic nitrogens is 1. The number of hydrogen-bond acceptors (Lipinski definition) is 6. The van der Waals surface area contributed by atoms with Crippen molar-refractivity contribution in [1.82, 2.24) is 4.98 Å². The number of carbonyl (C=O) groups is 1. The number of benzene rings is 2. The minimum absolute atomic E-state index is 0.0430. The van der Waals surface area contributed by atoms with E-state index in [4.69, 9.17) is 9.72 Å². The van der Waals surface area contributed by atoms with Crippen molar-refractivity contribution >= 4 is 39.8 Å². The molecule has 1 aliphatic heterocycles. The number of hydrogen-bond donors (Lipinski definition) is 0. The Balaban J connectivity index is 1.61. The molecule has 0 N–H and O–H groups in total. The fourth-order valence-electron chi connectivity index (χ4n) is 3.08. The maximum atomic E-state index is 12.6. The summed E-state index contributed by atoms with van der Waals surface area (Å²) in [6.45, 7) is 0. The van der Waals surface area contributed by atoms with E-state index in [-0.39, 0.29) is 11.3 Å². The van der Waals surface area contributed by atoms with Gasteiger partial charge in [-0.2, -0.15) is 0 Å². The molecule has 1 aromatic heterocycles. The zero-order chi connectivity index (χ0) is 19.7. The Morgan fingerprint density at radius 3 is 2.46 bits per heavy atom. The summed E-state index contributed by atoms with van der Waals surface area (Å²) >= 11 is 3.15. The van der Waals surface area contributed by atoms with Gasteiger partial charge in [0.05, 0.1) is 18.6 Å². The maximum absolute atomic E-state index is 12.6. The highest BCUT2D eigenvalue weighted by molar-refractivity contribution is 8.00. The van der Waals surface area contributed by atoms with Crippen LogP contribution in [-0.2, 0) is 4.79 Å². The van der Waals surface area contributed by atoms with E-state index < -0.39 is 0 Å². The van der Waals surface area contributed by atoms with Crippen molar-refractivity contribution in [2.24, 2.45) is 0 Å². The number of methoxy groups -OCH3 is 1. The van der Waals surface area contributed by atoms with E-state index in [1.165, 1.54) is 11.3 Å². The average Bonchev–Trinajstić information content (AvgIpc) is 3.34. The number of carbonyl (C=O) groups excluding carboxylic acids is 1. The number of amides is 1. The summed E-state index contributed by atoms with van der Waals surface area (Å²) < 4.78 is 5.22. The minimum atomic E-state index is -0.0430. The van der Waals surface area contributed by atoms with Gasteiger partial charge in [0.1, 0.15) is 11.1 Å². The van der Waals surface area contributed by atoms with Crippen molar-refractivity contribution in [3.05, 3.63) is 59.5 Å². The molecular weight excluding hydrogens is 390 g/mol. The Bertz CT molecular complexity index is 968. The molecule has 1 aliphatic rings. The van der Waals surface area contributed by atoms with Gasteiger partial charge in [0, 0.05) is 30.7 Å². The quantitative estimate of drug-likeness (QED) is 0.611. The van der Waals surface area contributed by atoms with E-state index in [1.54, 1.807) is 18.9 Å². The summed E-state index contributed by atoms with van der Waals surface area (Å²) in [6, 6.07) is 16.2. The van der Waals surface area contributed by atoms with Crippen molar-refractivity contribution < 1.29 is 9.53 Å². The zero-order valence-corrected chi connectivity index (χ0v) is 17.6. The molecule has 1 atom stereocenters. The van der Waals surface area contributed by atoms with Crippen LogP contribution in [0.2, 0.25) is 0 Å². The molecule has 0 spiro atoms. The van der Waals surface area contributed by atoms with Crippen LogP contribution in [0.3, 0.4) is 0 Å². The molecule has 0 radical (unpaired) electrons. The Hall–Kier alpha value is -2.51. The molecule has 5 nitrogen and oxygen atoms in total. The number of thiazole rings is 1. The lowest BCUT2D eigenvalue weighted by Gasteiger charge is -2.22. The van der Waals surface area contributed by atoms with E-state index >= 15 is 0 Å². The molecule has 2 heterocycles. The van der Waals surface area contributed by atoms with Gasteiger partial charge in [-0.15, -0.1) is 23.1 Å². The molecule has 28 heavy (non-hydrogen) atoms. The van der Waals surface area contributed by atoms with Crippen LogP contribution in [0.15, 0.2) is 53.9 Å². The van der Waals surface area contributed by atoms with Gasteiger partial charge in [-0.25, -0.2) is 4.98 Å². The number of ether oxygens (including phenoxy) is 1. The fourth-order valence-corrected chi connectivity index (χ4v) is 5.18. The van der Waals surface area contributed by atoms with E-state index in [9.17, 15) is 4.79 Å². The van der Waals surface area contributed by atoms with Gasteiger partial charge in [-0.1, -0.05) is 12.1 Å². The standard InChI is InChI=1S/C21H21N3O2S2/c1-23(2)16-8-4-15(5-9-16)20-24(19(25)13-27-20)21-22-18(12-28-21)14-6-10-17(26-3)11-7-14/h4-12,20H,13H2,1-3H3/t20-/m1/s1. The van der Waals surface area contributed by atoms with Gasteiger partial charge in [-0.05, 0) is 42.0 Å². The molecule has 0 aliphatic carbocycles. The van der Waals surface area contributed by atoms with Crippen molar-refractivity contribution in [2.75, 3.05) is 36.8 Å². The minimum Gasteiger partial charge on any atom is -0.497 e. The summed E-state index contributed by atoms with van der Waals surface area (Å²) in [5.41, 5.74) is 4.13.